The van der Waals surface area contributed by atoms with Gasteiger partial charge in [0.15, 0.2) is 0 Å². The summed E-state index contributed by atoms with van der Waals surface area (Å²) in [6, 6.07) is 0. The molecule has 0 aromatic rings. The maximum absolute atomic E-state index is 11.6. The molecule has 0 aromatic carbocycles. The predicted octanol–water partition coefficient (Wildman–Crippen LogP) is 1.31. The van der Waals surface area contributed by atoms with Crippen LogP contribution in [0.15, 0.2) is 0 Å². The number of carbonyl (C=O) groups excluding carboxylic acids is 1. The van der Waals surface area contributed by atoms with E-state index in [0.29, 0.717) is 13.2 Å². The first-order valence-electron chi connectivity index (χ1n) is 6.57. The van der Waals surface area contributed by atoms with Gasteiger partial charge >= 0.3 is 5.97 Å². The molecule has 0 atom stereocenters. The van der Waals surface area contributed by atoms with Gasteiger partial charge in [-0.15, -0.1) is 0 Å². The number of ether oxygens (including phenoxy) is 1. The number of hydrogen-bond donors (Lipinski definition) is 0. The van der Waals surface area contributed by atoms with Crippen LogP contribution in [0.5, 0.6) is 0 Å². The van der Waals surface area contributed by atoms with E-state index in [1.165, 1.54) is 0 Å². The molecule has 1 aliphatic rings. The van der Waals surface area contributed by atoms with Gasteiger partial charge in [-0.3, -0.25) is 9.69 Å². The first kappa shape index (κ1) is 15.8. The number of hydrogen-bond acceptors (Lipinski definition) is 5. The van der Waals surface area contributed by atoms with Crippen molar-refractivity contribution < 1.29 is 9.53 Å². The van der Waals surface area contributed by atoms with Crippen LogP contribution in [-0.2, 0) is 9.53 Å². The Hall–Kier alpha value is -0.260. The Kier molecular flexibility index (Phi) is 6.46. The fourth-order valence-corrected chi connectivity index (χ4v) is 2.52. The van der Waals surface area contributed by atoms with E-state index in [4.69, 9.17) is 4.74 Å². The highest BCUT2D eigenvalue weighted by atomic mass is 32.2. The Morgan fingerprint density at radius 3 is 2.39 bits per heavy atom. The lowest BCUT2D eigenvalue weighted by molar-refractivity contribution is -0.144. The van der Waals surface area contributed by atoms with Gasteiger partial charge in [0.2, 0.25) is 0 Å². The molecule has 0 bridgehead atoms. The first-order chi connectivity index (χ1) is 8.37. The molecule has 1 saturated heterocycles. The molecular formula is C13H26N2O2S. The van der Waals surface area contributed by atoms with E-state index in [1.807, 2.05) is 11.8 Å². The second kappa shape index (κ2) is 7.36. The van der Waals surface area contributed by atoms with Crippen molar-refractivity contribution in [2.75, 3.05) is 52.1 Å². The number of thioether (sulfide) groups is 1. The second-order valence-electron chi connectivity index (χ2n) is 5.76. The summed E-state index contributed by atoms with van der Waals surface area (Å²) in [7, 11) is 2.11. The Morgan fingerprint density at radius 1 is 1.22 bits per heavy atom. The van der Waals surface area contributed by atoms with Crippen LogP contribution in [0.4, 0.5) is 0 Å². The van der Waals surface area contributed by atoms with Gasteiger partial charge in [0.05, 0.1) is 6.54 Å². The van der Waals surface area contributed by atoms with Crippen LogP contribution in [0.3, 0.4) is 0 Å². The monoisotopic (exact) mass is 274 g/mol. The van der Waals surface area contributed by atoms with Gasteiger partial charge in [-0.05, 0) is 7.05 Å². The van der Waals surface area contributed by atoms with Crippen molar-refractivity contribution >= 4 is 17.7 Å². The quantitative estimate of drug-likeness (QED) is 0.557. The summed E-state index contributed by atoms with van der Waals surface area (Å²) in [6.07, 6.45) is 0. The number of esters is 1. The number of piperazine rings is 1. The van der Waals surface area contributed by atoms with E-state index in [2.05, 4.69) is 37.6 Å². The van der Waals surface area contributed by atoms with Crippen molar-refractivity contribution in [1.82, 2.24) is 9.80 Å². The number of nitrogens with zero attached hydrogens (tertiary/aromatic N) is 2. The SMILES string of the molecule is CN1CCN(CC(=O)OCCSC(C)(C)C)CC1. The van der Waals surface area contributed by atoms with E-state index in [0.717, 1.165) is 31.9 Å². The molecule has 1 aliphatic heterocycles. The zero-order chi connectivity index (χ0) is 13.6. The van der Waals surface area contributed by atoms with Crippen LogP contribution in [-0.4, -0.2) is 72.6 Å². The smallest absolute Gasteiger partial charge is 0.320 e. The minimum absolute atomic E-state index is 0.0888. The van der Waals surface area contributed by atoms with Crippen molar-refractivity contribution in [1.29, 1.82) is 0 Å². The summed E-state index contributed by atoms with van der Waals surface area (Å²) < 4.78 is 5.49. The average Bonchev–Trinajstić information content (AvgIpc) is 2.26. The zero-order valence-corrected chi connectivity index (χ0v) is 12.9. The van der Waals surface area contributed by atoms with Gasteiger partial charge in [-0.2, -0.15) is 11.8 Å². The third-order valence-corrected chi connectivity index (χ3v) is 4.07. The fourth-order valence-electron chi connectivity index (χ4n) is 1.74. The summed E-state index contributed by atoms with van der Waals surface area (Å²) >= 11 is 1.82. The zero-order valence-electron chi connectivity index (χ0n) is 12.1. The van der Waals surface area contributed by atoms with Crippen molar-refractivity contribution in [3.8, 4) is 0 Å². The van der Waals surface area contributed by atoms with Crippen LogP contribution in [0, 0.1) is 0 Å². The van der Waals surface area contributed by atoms with E-state index in [1.54, 1.807) is 0 Å². The molecule has 1 rings (SSSR count). The van der Waals surface area contributed by atoms with Gasteiger partial charge in [-0.25, -0.2) is 0 Å². The third-order valence-electron chi connectivity index (χ3n) is 2.83. The van der Waals surface area contributed by atoms with Crippen LogP contribution in [0.25, 0.3) is 0 Å². The Labute approximate surface area is 115 Å². The molecule has 1 heterocycles. The summed E-state index contributed by atoms with van der Waals surface area (Å²) in [5.74, 6) is 0.784. The molecule has 0 saturated carbocycles. The Balaban J connectivity index is 2.07. The molecule has 0 aromatic heterocycles. The van der Waals surface area contributed by atoms with Gasteiger partial charge in [0, 0.05) is 36.7 Å². The molecule has 18 heavy (non-hydrogen) atoms. The van der Waals surface area contributed by atoms with E-state index < -0.39 is 0 Å². The van der Waals surface area contributed by atoms with Crippen LogP contribution < -0.4 is 0 Å². The van der Waals surface area contributed by atoms with E-state index in [9.17, 15) is 4.79 Å². The first-order valence-corrected chi connectivity index (χ1v) is 7.56. The highest BCUT2D eigenvalue weighted by Gasteiger charge is 2.17. The summed E-state index contributed by atoms with van der Waals surface area (Å²) in [6.45, 7) is 11.5. The molecule has 0 amide bonds. The Bertz CT molecular complexity index is 258. The standard InChI is InChI=1S/C13H26N2O2S/c1-13(2,3)18-10-9-17-12(16)11-15-7-5-14(4)6-8-15/h5-11H2,1-4H3. The molecule has 0 N–H and O–H groups in total. The Morgan fingerprint density at radius 2 is 1.83 bits per heavy atom. The van der Waals surface area contributed by atoms with Crippen LogP contribution in [0.1, 0.15) is 20.8 Å². The van der Waals surface area contributed by atoms with Crippen molar-refractivity contribution in [3.05, 3.63) is 0 Å². The lowest BCUT2D eigenvalue weighted by Crippen LogP contribution is -2.46. The van der Waals surface area contributed by atoms with E-state index in [-0.39, 0.29) is 10.7 Å². The normalized spacial score (nSPS) is 18.9. The molecule has 106 valence electrons. The second-order valence-corrected chi connectivity index (χ2v) is 7.68. The third kappa shape index (κ3) is 7.24. The largest absolute Gasteiger partial charge is 0.464 e. The van der Waals surface area contributed by atoms with Crippen LogP contribution in [0.2, 0.25) is 0 Å². The molecule has 0 radical (unpaired) electrons. The van der Waals surface area contributed by atoms with E-state index >= 15 is 0 Å². The highest BCUT2D eigenvalue weighted by Crippen LogP contribution is 2.22. The topological polar surface area (TPSA) is 32.8 Å². The maximum Gasteiger partial charge on any atom is 0.320 e. The lowest BCUT2D eigenvalue weighted by Gasteiger charge is -2.31. The summed E-state index contributed by atoms with van der Waals surface area (Å²) in [5, 5.41) is 0. The molecule has 1 fully saturated rings. The average molecular weight is 274 g/mol. The molecular weight excluding hydrogens is 248 g/mol. The van der Waals surface area contributed by atoms with Gasteiger partial charge in [0.1, 0.15) is 6.61 Å². The molecule has 0 spiro atoms. The minimum atomic E-state index is -0.0888. The molecule has 0 unspecified atom stereocenters. The molecule has 4 nitrogen and oxygen atoms in total. The number of likely N-dealkylation sites (N-methyl/N-ethyl adjacent to an activating group) is 1. The lowest BCUT2D eigenvalue weighted by atomic mass is 10.3. The maximum atomic E-state index is 11.6. The number of rotatable bonds is 5. The molecule has 5 heteroatoms. The fraction of sp³-hybridized carbons (Fsp3) is 0.923. The minimum Gasteiger partial charge on any atom is -0.464 e. The van der Waals surface area contributed by atoms with Gasteiger partial charge < -0.3 is 9.64 Å². The van der Waals surface area contributed by atoms with Crippen molar-refractivity contribution in [2.45, 2.75) is 25.5 Å². The van der Waals surface area contributed by atoms with Crippen molar-refractivity contribution in [3.63, 3.8) is 0 Å². The van der Waals surface area contributed by atoms with Gasteiger partial charge in [0.25, 0.3) is 0 Å². The van der Waals surface area contributed by atoms with Crippen molar-refractivity contribution in [2.24, 2.45) is 0 Å². The molecule has 0 aliphatic carbocycles. The number of carbonyl (C=O) groups is 1. The van der Waals surface area contributed by atoms with Crippen LogP contribution >= 0.6 is 11.8 Å². The predicted molar refractivity (Wildman–Crippen MR) is 77.1 cm³/mol. The summed E-state index contributed by atoms with van der Waals surface area (Å²) in [4.78, 5) is 16.1. The highest BCUT2D eigenvalue weighted by molar-refractivity contribution is 8.00. The van der Waals surface area contributed by atoms with Gasteiger partial charge in [-0.1, -0.05) is 20.8 Å². The summed E-state index contributed by atoms with van der Waals surface area (Å²) in [5.41, 5.74) is 0.